The fourth-order valence-corrected chi connectivity index (χ4v) is 7.87. The Morgan fingerprint density at radius 2 is 1.97 bits per heavy atom. The van der Waals surface area contributed by atoms with Gasteiger partial charge in [-0.05, 0) is 36.0 Å². The monoisotopic (exact) mass is 544 g/mol. The zero-order valence-corrected chi connectivity index (χ0v) is 19.7. The number of rotatable bonds is 4. The molecule has 1 amide bonds. The van der Waals surface area contributed by atoms with E-state index < -0.39 is 54.0 Å². The molecule has 0 atom stereocenters. The van der Waals surface area contributed by atoms with Crippen molar-refractivity contribution in [2.24, 2.45) is 4.40 Å². The Hall–Kier alpha value is -3.08. The number of hydrogen-bond acceptors (Lipinski definition) is 9. The van der Waals surface area contributed by atoms with Gasteiger partial charge in [-0.25, -0.2) is 22.2 Å². The highest BCUT2D eigenvalue weighted by Crippen LogP contribution is 2.45. The number of aromatic nitrogens is 1. The van der Waals surface area contributed by atoms with E-state index in [1.165, 1.54) is 24.3 Å². The molecule has 0 saturated heterocycles. The van der Waals surface area contributed by atoms with Crippen LogP contribution in [0.15, 0.2) is 56.4 Å². The van der Waals surface area contributed by atoms with E-state index in [1.54, 1.807) is 0 Å². The average Bonchev–Trinajstić information content (AvgIpc) is 3.26. The van der Waals surface area contributed by atoms with Gasteiger partial charge in [-0.1, -0.05) is 17.4 Å². The first-order chi connectivity index (χ1) is 15.9. The molecule has 0 aliphatic carbocycles. The Morgan fingerprint density at radius 1 is 1.21 bits per heavy atom. The average molecular weight is 545 g/mol. The number of aliphatic hydroxyl groups is 1. The number of halogens is 2. The summed E-state index contributed by atoms with van der Waals surface area (Å²) in [6, 6.07) is 7.44. The zero-order chi connectivity index (χ0) is 24.4. The van der Waals surface area contributed by atoms with Gasteiger partial charge in [0, 0.05) is 6.07 Å². The van der Waals surface area contributed by atoms with Crippen molar-refractivity contribution in [2.75, 3.05) is 15.4 Å². The highest BCUT2D eigenvalue weighted by molar-refractivity contribution is 8.16. The molecule has 0 fully saturated rings. The minimum atomic E-state index is -4.79. The summed E-state index contributed by atoms with van der Waals surface area (Å²) in [6.45, 7) is 0. The lowest BCUT2D eigenvalue weighted by Gasteiger charge is -2.22. The van der Waals surface area contributed by atoms with E-state index in [0.29, 0.717) is 16.5 Å². The number of nitrogens with zero attached hydrogens (tertiary/aromatic N) is 3. The summed E-state index contributed by atoms with van der Waals surface area (Å²) >= 11 is 1.50. The number of benzene rings is 2. The highest BCUT2D eigenvalue weighted by atomic mass is 32.2. The Balaban J connectivity index is 1.49. The number of sulfonamides is 2. The van der Waals surface area contributed by atoms with Crippen molar-refractivity contribution in [3.8, 4) is 0 Å². The lowest BCUT2D eigenvalue weighted by molar-refractivity contribution is -0.113. The van der Waals surface area contributed by atoms with Crippen LogP contribution in [0, 0.1) is 11.6 Å². The second kappa shape index (κ2) is 7.72. The van der Waals surface area contributed by atoms with Gasteiger partial charge in [0.1, 0.15) is 23.1 Å². The molecule has 3 aromatic rings. The molecule has 176 valence electrons. The number of anilines is 2. The maximum Gasteiger partial charge on any atom is 0.293 e. The number of thiazole rings is 1. The molecule has 1 aromatic heterocycles. The lowest BCUT2D eigenvalue weighted by atomic mass is 10.2. The van der Waals surface area contributed by atoms with Crippen molar-refractivity contribution in [1.82, 2.24) is 4.98 Å². The van der Waals surface area contributed by atoms with Crippen LogP contribution < -0.4 is 9.62 Å². The minimum Gasteiger partial charge on any atom is -0.509 e. The van der Waals surface area contributed by atoms with Crippen LogP contribution in [0.1, 0.15) is 0 Å². The SMILES string of the molecule is O=C1/C(=C(\O)CS(=O)(=O)Nc2nc3cc(F)ccc3s2)S(=O)(=O)N=C2Sc3c(F)cccc3N12. The maximum absolute atomic E-state index is 14.1. The summed E-state index contributed by atoms with van der Waals surface area (Å²) in [6.07, 6.45) is 0. The van der Waals surface area contributed by atoms with E-state index in [9.17, 15) is 35.5 Å². The molecular weight excluding hydrogens is 534 g/mol. The lowest BCUT2D eigenvalue weighted by Crippen LogP contribution is -2.41. The summed E-state index contributed by atoms with van der Waals surface area (Å²) < 4.78 is 83.7. The number of nitrogens with one attached hydrogen (secondary N) is 1. The zero-order valence-electron chi connectivity index (χ0n) is 16.4. The molecule has 0 unspecified atom stereocenters. The van der Waals surface area contributed by atoms with E-state index >= 15 is 0 Å². The van der Waals surface area contributed by atoms with Crippen LogP contribution in [0.4, 0.5) is 19.6 Å². The summed E-state index contributed by atoms with van der Waals surface area (Å²) in [5.41, 5.74) is 0.200. The summed E-state index contributed by atoms with van der Waals surface area (Å²) in [5.74, 6) is -5.12. The highest BCUT2D eigenvalue weighted by Gasteiger charge is 2.46. The smallest absolute Gasteiger partial charge is 0.293 e. The molecule has 0 bridgehead atoms. The molecule has 2 aromatic carbocycles. The van der Waals surface area contributed by atoms with Crippen molar-refractivity contribution in [3.63, 3.8) is 0 Å². The summed E-state index contributed by atoms with van der Waals surface area (Å²) in [7, 11) is -9.25. The Kier molecular flexibility index (Phi) is 5.16. The van der Waals surface area contributed by atoms with E-state index in [4.69, 9.17) is 0 Å². The number of hydrogen-bond donors (Lipinski definition) is 2. The maximum atomic E-state index is 14.1. The molecule has 5 rings (SSSR count). The van der Waals surface area contributed by atoms with Crippen molar-refractivity contribution in [1.29, 1.82) is 0 Å². The van der Waals surface area contributed by atoms with Crippen molar-refractivity contribution in [3.05, 3.63) is 58.7 Å². The van der Waals surface area contributed by atoms with Gasteiger partial charge in [-0.3, -0.25) is 14.4 Å². The van der Waals surface area contributed by atoms with E-state index in [-0.39, 0.29) is 26.4 Å². The third kappa shape index (κ3) is 3.81. The quantitative estimate of drug-likeness (QED) is 0.377. The van der Waals surface area contributed by atoms with Crippen LogP contribution >= 0.6 is 23.1 Å². The number of fused-ring (bicyclic) bond motifs is 4. The molecular formula is C18H10F2N4O6S4. The van der Waals surface area contributed by atoms with Crippen LogP contribution in [0.25, 0.3) is 10.2 Å². The van der Waals surface area contributed by atoms with Gasteiger partial charge < -0.3 is 5.11 Å². The molecule has 34 heavy (non-hydrogen) atoms. The number of carbonyl (C=O) groups is 1. The van der Waals surface area contributed by atoms with Crippen molar-refractivity contribution < 1.29 is 35.5 Å². The number of thioether (sulfide) groups is 1. The van der Waals surface area contributed by atoms with Crippen LogP contribution in [0.3, 0.4) is 0 Å². The summed E-state index contributed by atoms with van der Waals surface area (Å²) in [5, 5.41) is 9.91. The molecule has 10 nitrogen and oxygen atoms in total. The Bertz CT molecular complexity index is 1680. The molecule has 0 saturated carbocycles. The Labute approximate surface area is 198 Å². The second-order valence-electron chi connectivity index (χ2n) is 6.95. The number of aliphatic hydroxyl groups excluding tert-OH is 1. The predicted octanol–water partition coefficient (Wildman–Crippen LogP) is 2.92. The van der Waals surface area contributed by atoms with E-state index in [1.807, 2.05) is 0 Å². The fraction of sp³-hybridized carbons (Fsp3) is 0.0556. The molecule has 0 radical (unpaired) electrons. The van der Waals surface area contributed by atoms with E-state index in [2.05, 4.69) is 14.1 Å². The minimum absolute atomic E-state index is 0.0108. The van der Waals surface area contributed by atoms with Gasteiger partial charge in [0.2, 0.25) is 10.0 Å². The second-order valence-corrected chi connectivity index (χ2v) is 12.2. The normalized spacial score (nSPS) is 18.5. The number of carbonyl (C=O) groups excluding carboxylic acids is 1. The third-order valence-electron chi connectivity index (χ3n) is 4.61. The van der Waals surface area contributed by atoms with Crippen LogP contribution in [0.5, 0.6) is 0 Å². The van der Waals surface area contributed by atoms with Gasteiger partial charge in [0.15, 0.2) is 15.2 Å². The van der Waals surface area contributed by atoms with Gasteiger partial charge in [-0.2, -0.15) is 8.42 Å². The topological polar surface area (TPSA) is 146 Å². The first-order valence-electron chi connectivity index (χ1n) is 9.10. The van der Waals surface area contributed by atoms with Gasteiger partial charge >= 0.3 is 0 Å². The number of amidine groups is 1. The first kappa shape index (κ1) is 22.7. The van der Waals surface area contributed by atoms with Crippen molar-refractivity contribution in [2.45, 2.75) is 4.90 Å². The predicted molar refractivity (Wildman–Crippen MR) is 123 cm³/mol. The molecule has 2 aliphatic rings. The molecule has 0 spiro atoms. The molecule has 3 heterocycles. The molecule has 2 aliphatic heterocycles. The molecule has 16 heteroatoms. The number of amides is 1. The van der Waals surface area contributed by atoms with Crippen LogP contribution in [-0.2, 0) is 24.8 Å². The fourth-order valence-electron chi connectivity index (χ4n) is 3.26. The first-order valence-corrected chi connectivity index (χ1v) is 13.8. The standard InChI is InChI=1S/C18H10F2N4O6S4/c19-8-4-5-13-10(6-8)21-17(31-13)22-33(27,28)7-12(25)15-16(26)24-11-3-1-2-9(20)14(11)32-18(24)23-34(15,29)30/h1-6,25H,7H2,(H,21,22)/b15-12+. The van der Waals surface area contributed by atoms with Gasteiger partial charge in [0.25, 0.3) is 15.9 Å². The van der Waals surface area contributed by atoms with E-state index in [0.717, 1.165) is 28.4 Å². The third-order valence-corrected chi connectivity index (χ3v) is 9.37. The molecule has 2 N–H and O–H groups in total. The Morgan fingerprint density at radius 3 is 2.74 bits per heavy atom. The van der Waals surface area contributed by atoms with Gasteiger partial charge in [-0.15, -0.1) is 4.40 Å². The van der Waals surface area contributed by atoms with Gasteiger partial charge in [0.05, 0.1) is 20.8 Å². The summed E-state index contributed by atoms with van der Waals surface area (Å²) in [4.78, 5) is 16.4. The van der Waals surface area contributed by atoms with Crippen molar-refractivity contribution >= 4 is 75.3 Å². The largest absolute Gasteiger partial charge is 0.509 e. The van der Waals surface area contributed by atoms with Crippen LogP contribution in [0.2, 0.25) is 0 Å². The van der Waals surface area contributed by atoms with Crippen LogP contribution in [-0.4, -0.2) is 43.8 Å².